The fourth-order valence-electron chi connectivity index (χ4n) is 1.85. The smallest absolute Gasteiger partial charge is 0.323 e. The van der Waals surface area contributed by atoms with Gasteiger partial charge in [-0.15, -0.1) is 0 Å². The van der Waals surface area contributed by atoms with E-state index in [-0.39, 0.29) is 6.42 Å². The van der Waals surface area contributed by atoms with E-state index < -0.39 is 18.6 Å². The number of hydrogen-bond acceptors (Lipinski definition) is 2. The van der Waals surface area contributed by atoms with Gasteiger partial charge in [-0.05, 0) is 24.6 Å². The third-order valence-electron chi connectivity index (χ3n) is 2.79. The van der Waals surface area contributed by atoms with E-state index in [4.69, 9.17) is 5.73 Å². The Hall–Kier alpha value is -1.82. The molecular formula is C13H14F3N3. The molecule has 0 spiro atoms. The maximum atomic E-state index is 12.2. The molecule has 1 aromatic heterocycles. The second kappa shape index (κ2) is 5.44. The van der Waals surface area contributed by atoms with Crippen molar-refractivity contribution < 1.29 is 13.2 Å². The summed E-state index contributed by atoms with van der Waals surface area (Å²) in [5.74, 6) is 0. The van der Waals surface area contributed by atoms with Crippen LogP contribution in [0.3, 0.4) is 0 Å². The van der Waals surface area contributed by atoms with E-state index in [0.29, 0.717) is 5.69 Å². The van der Waals surface area contributed by atoms with Crippen LogP contribution in [0.4, 0.5) is 13.2 Å². The Morgan fingerprint density at radius 1 is 1.16 bits per heavy atom. The summed E-state index contributed by atoms with van der Waals surface area (Å²) in [6, 6.07) is 10.1. The number of aromatic nitrogens is 2. The Balaban J connectivity index is 2.16. The van der Waals surface area contributed by atoms with Crippen molar-refractivity contribution in [3.63, 3.8) is 0 Å². The summed E-state index contributed by atoms with van der Waals surface area (Å²) in [4.78, 5) is 0. The molecule has 2 N–H and O–H groups in total. The van der Waals surface area contributed by atoms with Crippen molar-refractivity contribution in [3.8, 4) is 5.69 Å². The topological polar surface area (TPSA) is 43.8 Å². The largest absolute Gasteiger partial charge is 0.389 e. The van der Waals surface area contributed by atoms with E-state index in [1.54, 1.807) is 10.7 Å². The zero-order valence-corrected chi connectivity index (χ0v) is 10.1. The van der Waals surface area contributed by atoms with Gasteiger partial charge < -0.3 is 5.73 Å². The van der Waals surface area contributed by atoms with E-state index in [0.717, 1.165) is 5.69 Å². The van der Waals surface area contributed by atoms with Crippen LogP contribution < -0.4 is 5.73 Å². The van der Waals surface area contributed by atoms with Crippen molar-refractivity contribution >= 4 is 0 Å². The molecular weight excluding hydrogens is 255 g/mol. The normalized spacial score (nSPS) is 13.5. The van der Waals surface area contributed by atoms with E-state index >= 15 is 0 Å². The van der Waals surface area contributed by atoms with Crippen LogP contribution in [0.25, 0.3) is 5.69 Å². The SMILES string of the molecule is NC(CCC(F)(F)F)c1ccnn1-c1ccccc1. The summed E-state index contributed by atoms with van der Waals surface area (Å²) < 4.78 is 38.2. The van der Waals surface area contributed by atoms with Crippen LogP contribution in [0.2, 0.25) is 0 Å². The molecule has 0 radical (unpaired) electrons. The third kappa shape index (κ3) is 3.57. The van der Waals surface area contributed by atoms with Crippen molar-refractivity contribution in [2.75, 3.05) is 0 Å². The van der Waals surface area contributed by atoms with Gasteiger partial charge in [-0.3, -0.25) is 0 Å². The van der Waals surface area contributed by atoms with E-state index in [1.807, 2.05) is 30.3 Å². The maximum Gasteiger partial charge on any atom is 0.389 e. The molecule has 19 heavy (non-hydrogen) atoms. The lowest BCUT2D eigenvalue weighted by atomic mass is 10.1. The van der Waals surface area contributed by atoms with Gasteiger partial charge in [0, 0.05) is 18.7 Å². The number of alkyl halides is 3. The minimum absolute atomic E-state index is 0.151. The van der Waals surface area contributed by atoms with Crippen LogP contribution in [0.5, 0.6) is 0 Å². The molecule has 3 nitrogen and oxygen atoms in total. The van der Waals surface area contributed by atoms with Gasteiger partial charge in [0.05, 0.1) is 11.4 Å². The van der Waals surface area contributed by atoms with Gasteiger partial charge in [-0.25, -0.2) is 4.68 Å². The van der Waals surface area contributed by atoms with Gasteiger partial charge in [0.15, 0.2) is 0 Å². The second-order valence-corrected chi connectivity index (χ2v) is 4.26. The van der Waals surface area contributed by atoms with Gasteiger partial charge in [0.2, 0.25) is 0 Å². The number of nitrogens with zero attached hydrogens (tertiary/aromatic N) is 2. The molecule has 2 rings (SSSR count). The average molecular weight is 269 g/mol. The highest BCUT2D eigenvalue weighted by atomic mass is 19.4. The van der Waals surface area contributed by atoms with Gasteiger partial charge >= 0.3 is 6.18 Å². The molecule has 0 saturated heterocycles. The van der Waals surface area contributed by atoms with Gasteiger partial charge in [-0.1, -0.05) is 18.2 Å². The highest BCUT2D eigenvalue weighted by Crippen LogP contribution is 2.27. The Labute approximate surface area is 108 Å². The molecule has 1 aromatic carbocycles. The van der Waals surface area contributed by atoms with Crippen LogP contribution in [0.15, 0.2) is 42.6 Å². The first kappa shape index (κ1) is 13.6. The summed E-state index contributed by atoms with van der Waals surface area (Å²) in [6.07, 6.45) is -3.69. The summed E-state index contributed by atoms with van der Waals surface area (Å²) in [5.41, 5.74) is 7.19. The van der Waals surface area contributed by atoms with E-state index in [2.05, 4.69) is 5.10 Å². The standard InChI is InChI=1S/C13H14F3N3/c14-13(15,16)8-6-11(17)12-7-9-18-19(12)10-4-2-1-3-5-10/h1-5,7,9,11H,6,8,17H2. The molecule has 0 saturated carbocycles. The Morgan fingerprint density at radius 3 is 2.47 bits per heavy atom. The van der Waals surface area contributed by atoms with Crippen molar-refractivity contribution in [1.82, 2.24) is 9.78 Å². The lowest BCUT2D eigenvalue weighted by Gasteiger charge is -2.15. The number of hydrogen-bond donors (Lipinski definition) is 1. The molecule has 0 aliphatic heterocycles. The second-order valence-electron chi connectivity index (χ2n) is 4.26. The molecule has 0 aliphatic rings. The number of rotatable bonds is 4. The molecule has 2 aromatic rings. The first-order valence-corrected chi connectivity index (χ1v) is 5.89. The van der Waals surface area contributed by atoms with Crippen molar-refractivity contribution in [1.29, 1.82) is 0 Å². The van der Waals surface area contributed by atoms with E-state index in [1.165, 1.54) is 6.20 Å². The molecule has 102 valence electrons. The zero-order valence-electron chi connectivity index (χ0n) is 10.1. The molecule has 1 atom stereocenters. The third-order valence-corrected chi connectivity index (χ3v) is 2.79. The molecule has 0 amide bonds. The molecule has 1 unspecified atom stereocenters. The van der Waals surface area contributed by atoms with Crippen LogP contribution >= 0.6 is 0 Å². The van der Waals surface area contributed by atoms with Crippen LogP contribution in [0.1, 0.15) is 24.6 Å². The summed E-state index contributed by atoms with van der Waals surface area (Å²) in [5, 5.41) is 4.11. The number of benzene rings is 1. The fraction of sp³-hybridized carbons (Fsp3) is 0.308. The van der Waals surface area contributed by atoms with Gasteiger partial charge in [0.25, 0.3) is 0 Å². The zero-order chi connectivity index (χ0) is 13.9. The monoisotopic (exact) mass is 269 g/mol. The van der Waals surface area contributed by atoms with Crippen LogP contribution in [-0.2, 0) is 0 Å². The minimum atomic E-state index is -4.19. The predicted octanol–water partition coefficient (Wildman–Crippen LogP) is 3.21. The lowest BCUT2D eigenvalue weighted by Crippen LogP contribution is -2.18. The molecule has 0 bridgehead atoms. The first-order chi connectivity index (χ1) is 8.97. The Morgan fingerprint density at radius 2 is 1.84 bits per heavy atom. The van der Waals surface area contributed by atoms with Crippen molar-refractivity contribution in [2.24, 2.45) is 5.73 Å². The summed E-state index contributed by atoms with van der Waals surface area (Å²) >= 11 is 0. The van der Waals surface area contributed by atoms with Gasteiger partial charge in [-0.2, -0.15) is 18.3 Å². The van der Waals surface area contributed by atoms with Crippen LogP contribution in [0, 0.1) is 0 Å². The molecule has 0 fully saturated rings. The quantitative estimate of drug-likeness (QED) is 0.926. The number of nitrogens with two attached hydrogens (primary N) is 1. The van der Waals surface area contributed by atoms with Gasteiger partial charge in [0.1, 0.15) is 0 Å². The summed E-state index contributed by atoms with van der Waals surface area (Å²) in [7, 11) is 0. The lowest BCUT2D eigenvalue weighted by molar-refractivity contribution is -0.136. The fourth-order valence-corrected chi connectivity index (χ4v) is 1.85. The first-order valence-electron chi connectivity index (χ1n) is 5.89. The molecule has 1 heterocycles. The highest BCUT2D eigenvalue weighted by Gasteiger charge is 2.28. The minimum Gasteiger partial charge on any atom is -0.323 e. The number of para-hydroxylation sites is 1. The average Bonchev–Trinajstić information content (AvgIpc) is 2.85. The molecule has 0 aliphatic carbocycles. The van der Waals surface area contributed by atoms with Crippen molar-refractivity contribution in [2.45, 2.75) is 25.1 Å². The Kier molecular flexibility index (Phi) is 3.90. The number of halogens is 3. The van der Waals surface area contributed by atoms with Crippen molar-refractivity contribution in [3.05, 3.63) is 48.3 Å². The highest BCUT2D eigenvalue weighted by molar-refractivity contribution is 5.33. The maximum absolute atomic E-state index is 12.2. The predicted molar refractivity (Wildman–Crippen MR) is 65.8 cm³/mol. The Bertz CT molecular complexity index is 519. The molecule has 6 heteroatoms. The van der Waals surface area contributed by atoms with E-state index in [9.17, 15) is 13.2 Å². The summed E-state index contributed by atoms with van der Waals surface area (Å²) in [6.45, 7) is 0. The van der Waals surface area contributed by atoms with Crippen LogP contribution in [-0.4, -0.2) is 16.0 Å².